The summed E-state index contributed by atoms with van der Waals surface area (Å²) in [6.45, 7) is 0. The number of ether oxygens (including phenoxy) is 1. The summed E-state index contributed by atoms with van der Waals surface area (Å²) in [4.78, 5) is 4.12. The maximum Gasteiger partial charge on any atom is 0.137 e. The van der Waals surface area contributed by atoms with Crippen LogP contribution in [0.5, 0.6) is 5.75 Å². The topological polar surface area (TPSA) is 48.1 Å². The van der Waals surface area contributed by atoms with Gasteiger partial charge in [-0.05, 0) is 23.6 Å². The molecule has 2 rings (SSSR count). The predicted octanol–water partition coefficient (Wildman–Crippen LogP) is 2.33. The van der Waals surface area contributed by atoms with E-state index in [1.54, 1.807) is 13.3 Å². The summed E-state index contributed by atoms with van der Waals surface area (Å²) in [6, 6.07) is 12.0. The highest BCUT2D eigenvalue weighted by molar-refractivity contribution is 5.26. The van der Waals surface area contributed by atoms with Crippen molar-refractivity contribution in [3.63, 3.8) is 0 Å². The summed E-state index contributed by atoms with van der Waals surface area (Å²) < 4.78 is 5.14. The Morgan fingerprint density at radius 3 is 2.71 bits per heavy atom. The number of hydrogen-bond acceptors (Lipinski definition) is 3. The van der Waals surface area contributed by atoms with E-state index >= 15 is 0 Å². The second kappa shape index (κ2) is 5.46. The number of nitrogens with two attached hydrogens (primary N) is 1. The number of pyridine rings is 1. The Morgan fingerprint density at radius 1 is 1.24 bits per heavy atom. The first-order valence-electron chi connectivity index (χ1n) is 5.58. The minimum atomic E-state index is -0.00916. The van der Waals surface area contributed by atoms with Gasteiger partial charge in [0.2, 0.25) is 0 Å². The smallest absolute Gasteiger partial charge is 0.137 e. The number of benzene rings is 1. The van der Waals surface area contributed by atoms with Gasteiger partial charge in [0.25, 0.3) is 0 Å². The second-order valence-electron chi connectivity index (χ2n) is 3.95. The van der Waals surface area contributed by atoms with Crippen LogP contribution in [0.2, 0.25) is 0 Å². The van der Waals surface area contributed by atoms with Crippen LogP contribution in [0.15, 0.2) is 48.8 Å². The van der Waals surface area contributed by atoms with Crippen molar-refractivity contribution in [1.29, 1.82) is 0 Å². The van der Waals surface area contributed by atoms with Crippen molar-refractivity contribution < 1.29 is 4.74 Å². The van der Waals surface area contributed by atoms with Crippen molar-refractivity contribution in [3.05, 3.63) is 59.9 Å². The summed E-state index contributed by atoms with van der Waals surface area (Å²) in [5.41, 5.74) is 8.37. The van der Waals surface area contributed by atoms with E-state index in [1.165, 1.54) is 0 Å². The van der Waals surface area contributed by atoms with Crippen LogP contribution in [0.25, 0.3) is 0 Å². The fourth-order valence-corrected chi connectivity index (χ4v) is 1.76. The standard InChI is InChI=1S/C14H16N2O/c1-17-13-7-11(9-16-10-13)8-14(15)12-5-3-2-4-6-12/h2-7,9-10,14H,8,15H2,1H3. The number of hydrogen-bond donors (Lipinski definition) is 1. The molecule has 0 aliphatic heterocycles. The fourth-order valence-electron chi connectivity index (χ4n) is 1.76. The van der Waals surface area contributed by atoms with Crippen LogP contribution in [0.1, 0.15) is 17.2 Å². The zero-order valence-corrected chi connectivity index (χ0v) is 9.84. The molecule has 0 saturated carbocycles. The summed E-state index contributed by atoms with van der Waals surface area (Å²) >= 11 is 0. The van der Waals surface area contributed by atoms with Gasteiger partial charge in [-0.25, -0.2) is 0 Å². The normalized spacial score (nSPS) is 12.1. The molecule has 17 heavy (non-hydrogen) atoms. The van der Waals surface area contributed by atoms with Crippen molar-refractivity contribution >= 4 is 0 Å². The molecule has 0 fully saturated rings. The number of nitrogens with zero attached hydrogens (tertiary/aromatic N) is 1. The third kappa shape index (κ3) is 3.04. The molecule has 1 atom stereocenters. The van der Waals surface area contributed by atoms with Gasteiger partial charge in [0, 0.05) is 12.2 Å². The first kappa shape index (κ1) is 11.6. The van der Waals surface area contributed by atoms with Gasteiger partial charge in [-0.15, -0.1) is 0 Å². The molecule has 0 bridgehead atoms. The first-order valence-corrected chi connectivity index (χ1v) is 5.58. The average Bonchev–Trinajstić information content (AvgIpc) is 2.40. The summed E-state index contributed by atoms with van der Waals surface area (Å²) in [7, 11) is 1.64. The van der Waals surface area contributed by atoms with E-state index in [2.05, 4.69) is 4.98 Å². The van der Waals surface area contributed by atoms with Gasteiger partial charge < -0.3 is 10.5 Å². The highest BCUT2D eigenvalue weighted by atomic mass is 16.5. The van der Waals surface area contributed by atoms with E-state index < -0.39 is 0 Å². The zero-order valence-electron chi connectivity index (χ0n) is 9.84. The van der Waals surface area contributed by atoms with Crippen LogP contribution in [0, 0.1) is 0 Å². The van der Waals surface area contributed by atoms with Crippen molar-refractivity contribution in [2.75, 3.05) is 7.11 Å². The SMILES string of the molecule is COc1cncc(CC(N)c2ccccc2)c1. The molecule has 3 heteroatoms. The molecule has 0 amide bonds. The molecule has 0 radical (unpaired) electrons. The van der Waals surface area contributed by atoms with Gasteiger partial charge in [0.05, 0.1) is 13.3 Å². The van der Waals surface area contributed by atoms with E-state index in [-0.39, 0.29) is 6.04 Å². The van der Waals surface area contributed by atoms with E-state index in [0.717, 1.165) is 23.3 Å². The van der Waals surface area contributed by atoms with Crippen LogP contribution in [0.4, 0.5) is 0 Å². The molecule has 1 unspecified atom stereocenters. The van der Waals surface area contributed by atoms with Crippen molar-refractivity contribution in [2.24, 2.45) is 5.73 Å². The average molecular weight is 228 g/mol. The van der Waals surface area contributed by atoms with Gasteiger partial charge in [-0.3, -0.25) is 4.98 Å². The Kier molecular flexibility index (Phi) is 3.73. The second-order valence-corrected chi connectivity index (χ2v) is 3.95. The largest absolute Gasteiger partial charge is 0.495 e. The predicted molar refractivity (Wildman–Crippen MR) is 67.9 cm³/mol. The quantitative estimate of drug-likeness (QED) is 0.873. The highest BCUT2D eigenvalue weighted by Gasteiger charge is 2.07. The third-order valence-electron chi connectivity index (χ3n) is 2.69. The van der Waals surface area contributed by atoms with Crippen LogP contribution < -0.4 is 10.5 Å². The lowest BCUT2D eigenvalue weighted by Crippen LogP contribution is -2.13. The molecule has 1 heterocycles. The van der Waals surface area contributed by atoms with E-state index in [4.69, 9.17) is 10.5 Å². The number of rotatable bonds is 4. The molecule has 0 aliphatic carbocycles. The molecule has 1 aromatic heterocycles. The van der Waals surface area contributed by atoms with Gasteiger partial charge in [-0.1, -0.05) is 30.3 Å². The molecule has 3 nitrogen and oxygen atoms in total. The molecule has 0 saturated heterocycles. The van der Waals surface area contributed by atoms with Crippen LogP contribution in [0.3, 0.4) is 0 Å². The van der Waals surface area contributed by atoms with Gasteiger partial charge >= 0.3 is 0 Å². The zero-order chi connectivity index (χ0) is 12.1. The Labute approximate surface area is 101 Å². The van der Waals surface area contributed by atoms with Crippen molar-refractivity contribution in [2.45, 2.75) is 12.5 Å². The minimum absolute atomic E-state index is 0.00916. The first-order chi connectivity index (χ1) is 8.29. The van der Waals surface area contributed by atoms with E-state index in [0.29, 0.717) is 0 Å². The molecule has 2 aromatic rings. The molecular formula is C14H16N2O. The summed E-state index contributed by atoms with van der Waals surface area (Å²) in [5.74, 6) is 0.766. The van der Waals surface area contributed by atoms with Gasteiger partial charge in [-0.2, -0.15) is 0 Å². The van der Waals surface area contributed by atoms with E-state index in [9.17, 15) is 0 Å². The Morgan fingerprint density at radius 2 is 2.00 bits per heavy atom. The Hall–Kier alpha value is -1.87. The maximum absolute atomic E-state index is 6.15. The molecule has 2 N–H and O–H groups in total. The molecule has 88 valence electrons. The Bertz CT molecular complexity index is 471. The monoisotopic (exact) mass is 228 g/mol. The Balaban J connectivity index is 2.10. The molecule has 1 aromatic carbocycles. The third-order valence-corrected chi connectivity index (χ3v) is 2.69. The number of aromatic nitrogens is 1. The van der Waals surface area contributed by atoms with Crippen molar-refractivity contribution in [3.8, 4) is 5.75 Å². The van der Waals surface area contributed by atoms with Gasteiger partial charge in [0.1, 0.15) is 5.75 Å². The van der Waals surface area contributed by atoms with Crippen LogP contribution in [-0.2, 0) is 6.42 Å². The van der Waals surface area contributed by atoms with Crippen LogP contribution in [-0.4, -0.2) is 12.1 Å². The fraction of sp³-hybridized carbons (Fsp3) is 0.214. The lowest BCUT2D eigenvalue weighted by Gasteiger charge is -2.12. The summed E-state index contributed by atoms with van der Waals surface area (Å²) in [5, 5.41) is 0. The minimum Gasteiger partial charge on any atom is -0.495 e. The maximum atomic E-state index is 6.15. The molecular weight excluding hydrogens is 212 g/mol. The highest BCUT2D eigenvalue weighted by Crippen LogP contribution is 2.18. The lowest BCUT2D eigenvalue weighted by molar-refractivity contribution is 0.412. The van der Waals surface area contributed by atoms with E-state index in [1.807, 2.05) is 42.6 Å². The lowest BCUT2D eigenvalue weighted by atomic mass is 10.0. The molecule has 0 aliphatic rings. The number of methoxy groups -OCH3 is 1. The summed E-state index contributed by atoms with van der Waals surface area (Å²) in [6.07, 6.45) is 4.27. The van der Waals surface area contributed by atoms with Gasteiger partial charge in [0.15, 0.2) is 0 Å². The molecule has 0 spiro atoms. The van der Waals surface area contributed by atoms with Crippen molar-refractivity contribution in [1.82, 2.24) is 4.98 Å². The van der Waals surface area contributed by atoms with Crippen LogP contribution >= 0.6 is 0 Å².